The second-order valence-electron chi connectivity index (χ2n) is 4.29. The summed E-state index contributed by atoms with van der Waals surface area (Å²) < 4.78 is 9.85. The normalized spacial score (nSPS) is 17.1. The van der Waals surface area contributed by atoms with Crippen molar-refractivity contribution < 1.29 is 19.1 Å². The maximum absolute atomic E-state index is 11.5. The number of carbonyl (C=O) groups is 2. The van der Waals surface area contributed by atoms with E-state index in [0.29, 0.717) is 30.8 Å². The van der Waals surface area contributed by atoms with Crippen LogP contribution >= 0.6 is 0 Å². The number of hydrogen-bond donors (Lipinski definition) is 0. The molecule has 1 aliphatic heterocycles. The SMILES string of the molecule is CCOC(=O)c1ccc(/C(C)=C2\CCOC2=O)cc1. The van der Waals surface area contributed by atoms with Gasteiger partial charge in [0.05, 0.1) is 18.8 Å². The summed E-state index contributed by atoms with van der Waals surface area (Å²) in [6.45, 7) is 4.47. The molecule has 1 heterocycles. The summed E-state index contributed by atoms with van der Waals surface area (Å²) in [6, 6.07) is 7.05. The zero-order valence-electron chi connectivity index (χ0n) is 11.1. The Morgan fingerprint density at radius 3 is 2.42 bits per heavy atom. The fourth-order valence-electron chi connectivity index (χ4n) is 2.02. The molecule has 0 aromatic heterocycles. The van der Waals surface area contributed by atoms with E-state index in [4.69, 9.17) is 9.47 Å². The third-order valence-electron chi connectivity index (χ3n) is 3.11. The van der Waals surface area contributed by atoms with Crippen LogP contribution in [-0.4, -0.2) is 25.2 Å². The van der Waals surface area contributed by atoms with Crippen molar-refractivity contribution in [3.8, 4) is 0 Å². The van der Waals surface area contributed by atoms with E-state index < -0.39 is 0 Å². The van der Waals surface area contributed by atoms with E-state index in [2.05, 4.69) is 0 Å². The molecule has 100 valence electrons. The number of ether oxygens (including phenoxy) is 2. The molecule has 2 rings (SSSR count). The lowest BCUT2D eigenvalue weighted by atomic mass is 9.99. The Balaban J connectivity index is 2.23. The molecular formula is C15H16O4. The molecular weight excluding hydrogens is 244 g/mol. The summed E-state index contributed by atoms with van der Waals surface area (Å²) in [5.41, 5.74) is 3.04. The molecule has 1 aliphatic rings. The zero-order valence-corrected chi connectivity index (χ0v) is 11.1. The number of carbonyl (C=O) groups excluding carboxylic acids is 2. The molecule has 0 aliphatic carbocycles. The summed E-state index contributed by atoms with van der Waals surface area (Å²) in [6.07, 6.45) is 0.643. The minimum Gasteiger partial charge on any atom is -0.462 e. The second-order valence-corrected chi connectivity index (χ2v) is 4.29. The number of benzene rings is 1. The first-order valence-electron chi connectivity index (χ1n) is 6.28. The van der Waals surface area contributed by atoms with Crippen molar-refractivity contribution in [2.45, 2.75) is 20.3 Å². The molecule has 0 saturated carbocycles. The molecule has 1 aromatic carbocycles. The quantitative estimate of drug-likeness (QED) is 0.619. The van der Waals surface area contributed by atoms with E-state index in [0.717, 1.165) is 11.1 Å². The maximum atomic E-state index is 11.5. The highest BCUT2D eigenvalue weighted by Crippen LogP contribution is 2.25. The molecule has 1 saturated heterocycles. The molecule has 0 unspecified atom stereocenters. The van der Waals surface area contributed by atoms with Gasteiger partial charge in [-0.1, -0.05) is 12.1 Å². The Labute approximate surface area is 112 Å². The van der Waals surface area contributed by atoms with Crippen LogP contribution in [0.5, 0.6) is 0 Å². The Morgan fingerprint density at radius 2 is 1.89 bits per heavy atom. The minimum atomic E-state index is -0.334. The van der Waals surface area contributed by atoms with E-state index >= 15 is 0 Å². The highest BCUT2D eigenvalue weighted by Gasteiger charge is 2.21. The first-order chi connectivity index (χ1) is 9.13. The Kier molecular flexibility index (Phi) is 4.00. The molecule has 0 bridgehead atoms. The Hall–Kier alpha value is -2.10. The number of allylic oxidation sites excluding steroid dienone is 1. The topological polar surface area (TPSA) is 52.6 Å². The summed E-state index contributed by atoms with van der Waals surface area (Å²) in [4.78, 5) is 23.0. The largest absolute Gasteiger partial charge is 0.462 e. The fourth-order valence-corrected chi connectivity index (χ4v) is 2.02. The summed E-state index contributed by atoms with van der Waals surface area (Å²) in [5, 5.41) is 0. The van der Waals surface area contributed by atoms with Crippen LogP contribution in [0.25, 0.3) is 5.57 Å². The molecule has 0 radical (unpaired) electrons. The van der Waals surface area contributed by atoms with Gasteiger partial charge in [0.25, 0.3) is 0 Å². The lowest BCUT2D eigenvalue weighted by molar-refractivity contribution is -0.135. The predicted molar refractivity (Wildman–Crippen MR) is 70.6 cm³/mol. The molecule has 0 amide bonds. The van der Waals surface area contributed by atoms with Gasteiger partial charge < -0.3 is 9.47 Å². The lowest BCUT2D eigenvalue weighted by Gasteiger charge is -2.06. The highest BCUT2D eigenvalue weighted by atomic mass is 16.5. The van der Waals surface area contributed by atoms with Crippen molar-refractivity contribution in [1.29, 1.82) is 0 Å². The molecule has 0 atom stereocenters. The maximum Gasteiger partial charge on any atom is 0.338 e. The molecule has 1 fully saturated rings. The molecule has 1 aromatic rings. The highest BCUT2D eigenvalue weighted by molar-refractivity contribution is 5.99. The van der Waals surface area contributed by atoms with Crippen LogP contribution in [0.2, 0.25) is 0 Å². The van der Waals surface area contributed by atoms with Gasteiger partial charge in [0.1, 0.15) is 0 Å². The number of cyclic esters (lactones) is 1. The van der Waals surface area contributed by atoms with Crippen molar-refractivity contribution in [2.75, 3.05) is 13.2 Å². The van der Waals surface area contributed by atoms with E-state index in [1.165, 1.54) is 0 Å². The van der Waals surface area contributed by atoms with Gasteiger partial charge in [-0.2, -0.15) is 0 Å². The summed E-state index contributed by atoms with van der Waals surface area (Å²) in [7, 11) is 0. The van der Waals surface area contributed by atoms with Crippen LogP contribution in [0.1, 0.15) is 36.2 Å². The van der Waals surface area contributed by atoms with Crippen LogP contribution in [0.4, 0.5) is 0 Å². The van der Waals surface area contributed by atoms with Gasteiger partial charge >= 0.3 is 11.9 Å². The standard InChI is InChI=1S/C15H16O4/c1-3-18-14(16)12-6-4-11(5-7-12)10(2)13-8-9-19-15(13)17/h4-7H,3,8-9H2,1-2H3/b13-10+. The van der Waals surface area contributed by atoms with Crippen LogP contribution < -0.4 is 0 Å². The first kappa shape index (κ1) is 13.3. The van der Waals surface area contributed by atoms with Crippen LogP contribution in [0, 0.1) is 0 Å². The van der Waals surface area contributed by atoms with E-state index in [-0.39, 0.29) is 11.9 Å². The molecule has 4 nitrogen and oxygen atoms in total. The van der Waals surface area contributed by atoms with Gasteiger partial charge in [0, 0.05) is 12.0 Å². The van der Waals surface area contributed by atoms with Crippen molar-refractivity contribution in [3.05, 3.63) is 41.0 Å². The molecule has 19 heavy (non-hydrogen) atoms. The van der Waals surface area contributed by atoms with E-state index in [1.54, 1.807) is 19.1 Å². The summed E-state index contributed by atoms with van der Waals surface area (Å²) in [5.74, 6) is -0.577. The average Bonchev–Trinajstić information content (AvgIpc) is 2.84. The minimum absolute atomic E-state index is 0.244. The van der Waals surface area contributed by atoms with Gasteiger partial charge in [-0.3, -0.25) is 0 Å². The third-order valence-corrected chi connectivity index (χ3v) is 3.11. The Bertz CT molecular complexity index is 526. The second kappa shape index (κ2) is 5.69. The van der Waals surface area contributed by atoms with Crippen LogP contribution in [-0.2, 0) is 14.3 Å². The van der Waals surface area contributed by atoms with E-state index in [9.17, 15) is 9.59 Å². The number of rotatable bonds is 3. The Morgan fingerprint density at radius 1 is 1.26 bits per heavy atom. The van der Waals surface area contributed by atoms with Crippen molar-refractivity contribution in [1.82, 2.24) is 0 Å². The first-order valence-corrected chi connectivity index (χ1v) is 6.28. The smallest absolute Gasteiger partial charge is 0.338 e. The lowest BCUT2D eigenvalue weighted by Crippen LogP contribution is -2.04. The van der Waals surface area contributed by atoms with E-state index in [1.807, 2.05) is 19.1 Å². The van der Waals surface area contributed by atoms with Gasteiger partial charge in [-0.15, -0.1) is 0 Å². The van der Waals surface area contributed by atoms with Crippen molar-refractivity contribution >= 4 is 17.5 Å². The average molecular weight is 260 g/mol. The third kappa shape index (κ3) is 2.84. The zero-order chi connectivity index (χ0) is 13.8. The number of hydrogen-bond acceptors (Lipinski definition) is 4. The van der Waals surface area contributed by atoms with Crippen molar-refractivity contribution in [2.24, 2.45) is 0 Å². The van der Waals surface area contributed by atoms with Gasteiger partial charge in [0.15, 0.2) is 0 Å². The van der Waals surface area contributed by atoms with Gasteiger partial charge in [-0.25, -0.2) is 9.59 Å². The summed E-state index contributed by atoms with van der Waals surface area (Å²) >= 11 is 0. The molecule has 0 N–H and O–H groups in total. The van der Waals surface area contributed by atoms with Gasteiger partial charge in [-0.05, 0) is 37.1 Å². The fraction of sp³-hybridized carbons (Fsp3) is 0.333. The predicted octanol–water partition coefficient (Wildman–Crippen LogP) is 2.58. The van der Waals surface area contributed by atoms with Crippen LogP contribution in [0.15, 0.2) is 29.8 Å². The van der Waals surface area contributed by atoms with Crippen LogP contribution in [0.3, 0.4) is 0 Å². The van der Waals surface area contributed by atoms with Crippen molar-refractivity contribution in [3.63, 3.8) is 0 Å². The van der Waals surface area contributed by atoms with Gasteiger partial charge in [0.2, 0.25) is 0 Å². The molecule has 0 spiro atoms. The monoisotopic (exact) mass is 260 g/mol. The molecule has 4 heteroatoms. The number of esters is 2.